The van der Waals surface area contributed by atoms with Crippen LogP contribution < -0.4 is 5.32 Å². The predicted octanol–water partition coefficient (Wildman–Crippen LogP) is 7.64. The van der Waals surface area contributed by atoms with Crippen molar-refractivity contribution in [2.45, 2.75) is 27.7 Å². The molecule has 2 amide bonds. The Kier molecular flexibility index (Phi) is 5.73. The van der Waals surface area contributed by atoms with Crippen LogP contribution >= 0.6 is 0 Å². The van der Waals surface area contributed by atoms with Crippen molar-refractivity contribution in [1.82, 2.24) is 5.32 Å². The molecule has 0 spiro atoms. The molecule has 3 nitrogen and oxygen atoms in total. The first-order valence-corrected chi connectivity index (χ1v) is 11.2. The molecule has 0 radical (unpaired) electrons. The average molecular weight is 434 g/mol. The molecule has 4 aromatic carbocycles. The van der Waals surface area contributed by atoms with Crippen LogP contribution in [-0.4, -0.2) is 11.8 Å². The summed E-state index contributed by atoms with van der Waals surface area (Å²) in [4.78, 5) is 24.9. The first kappa shape index (κ1) is 22.2. The Morgan fingerprint density at radius 1 is 0.606 bits per heavy atom. The van der Waals surface area contributed by atoms with Crippen molar-refractivity contribution < 1.29 is 9.59 Å². The summed E-state index contributed by atoms with van der Waals surface area (Å²) in [6.07, 6.45) is 0. The highest BCUT2D eigenvalue weighted by atomic mass is 16.2. The van der Waals surface area contributed by atoms with E-state index in [1.807, 2.05) is 58.0 Å². The maximum absolute atomic E-state index is 12.4. The molecule has 0 unspecified atom stereocenters. The van der Waals surface area contributed by atoms with E-state index in [1.165, 1.54) is 0 Å². The minimum absolute atomic E-state index is 0.354. The topological polar surface area (TPSA) is 46.2 Å². The van der Waals surface area contributed by atoms with Crippen LogP contribution in [0.5, 0.6) is 0 Å². The van der Waals surface area contributed by atoms with Crippen molar-refractivity contribution in [2.75, 3.05) is 0 Å². The summed E-state index contributed by atoms with van der Waals surface area (Å²) in [5.41, 5.74) is 7.25. The van der Waals surface area contributed by atoms with Crippen molar-refractivity contribution in [3.63, 3.8) is 0 Å². The molecule has 33 heavy (non-hydrogen) atoms. The highest BCUT2D eigenvalue weighted by molar-refractivity contribution is 6.27. The summed E-state index contributed by atoms with van der Waals surface area (Å²) in [5, 5.41) is 6.24. The van der Waals surface area contributed by atoms with Gasteiger partial charge in [-0.1, -0.05) is 86.7 Å². The van der Waals surface area contributed by atoms with Gasteiger partial charge in [0.05, 0.1) is 0 Å². The normalized spacial score (nSPS) is 12.2. The van der Waals surface area contributed by atoms with E-state index in [4.69, 9.17) is 0 Å². The molecule has 0 saturated carbocycles. The van der Waals surface area contributed by atoms with Crippen molar-refractivity contribution in [2.24, 2.45) is 0 Å². The molecule has 0 aromatic heterocycles. The van der Waals surface area contributed by atoms with Crippen LogP contribution in [0.2, 0.25) is 0 Å². The number of allylic oxidation sites excluding steroid dienone is 2. The lowest BCUT2D eigenvalue weighted by Gasteiger charge is -2.20. The highest BCUT2D eigenvalue weighted by Gasteiger charge is 2.26. The van der Waals surface area contributed by atoms with Gasteiger partial charge in [0.1, 0.15) is 0 Å². The van der Waals surface area contributed by atoms with Gasteiger partial charge in [-0.25, -0.2) is 0 Å². The number of amides is 2. The van der Waals surface area contributed by atoms with Crippen molar-refractivity contribution in [3.8, 4) is 11.1 Å². The first-order chi connectivity index (χ1) is 15.9. The Balaban J connectivity index is 0.00000126. The zero-order valence-electron chi connectivity index (χ0n) is 19.5. The Bertz CT molecular complexity index is 1450. The molecule has 1 N–H and O–H groups in total. The third-order valence-electron chi connectivity index (χ3n) is 6.01. The highest BCUT2D eigenvalue weighted by Crippen LogP contribution is 2.41. The minimum Gasteiger partial charge on any atom is -0.288 e. The average Bonchev–Trinajstić information content (AvgIpc) is 2.82. The van der Waals surface area contributed by atoms with Gasteiger partial charge >= 0.3 is 0 Å². The van der Waals surface area contributed by atoms with E-state index in [-0.39, 0.29) is 11.8 Å². The maximum Gasteiger partial charge on any atom is 0.258 e. The van der Waals surface area contributed by atoms with Gasteiger partial charge < -0.3 is 0 Å². The molecular weight excluding hydrogens is 406 g/mol. The Morgan fingerprint density at radius 2 is 1.06 bits per heavy atom. The van der Waals surface area contributed by atoms with Crippen molar-refractivity contribution in [3.05, 3.63) is 96.1 Å². The molecule has 3 heteroatoms. The molecule has 0 fully saturated rings. The van der Waals surface area contributed by atoms with Crippen LogP contribution in [0.15, 0.2) is 73.8 Å². The lowest BCUT2D eigenvalue weighted by atomic mass is 9.85. The van der Waals surface area contributed by atoms with Crippen LogP contribution in [0.25, 0.3) is 43.8 Å². The lowest BCUT2D eigenvalue weighted by molar-refractivity contribution is 0.0845. The van der Waals surface area contributed by atoms with Gasteiger partial charge in [0.15, 0.2) is 0 Å². The number of hydrogen-bond donors (Lipinski definition) is 1. The number of hydrogen-bond acceptors (Lipinski definition) is 2. The van der Waals surface area contributed by atoms with E-state index in [9.17, 15) is 9.59 Å². The van der Waals surface area contributed by atoms with E-state index in [0.717, 1.165) is 49.6 Å². The molecule has 0 bridgehead atoms. The summed E-state index contributed by atoms with van der Waals surface area (Å²) in [7, 11) is 0. The fourth-order valence-electron chi connectivity index (χ4n) is 4.61. The second-order valence-corrected chi connectivity index (χ2v) is 8.12. The number of nitrogens with one attached hydrogen (secondary N) is 1. The number of fused-ring (bicyclic) bond motifs is 1. The Hall–Kier alpha value is -3.98. The monoisotopic (exact) mass is 433 g/mol. The van der Waals surface area contributed by atoms with Gasteiger partial charge in [-0.2, -0.15) is 0 Å². The van der Waals surface area contributed by atoms with E-state index in [0.29, 0.717) is 16.5 Å². The molecule has 1 aliphatic rings. The summed E-state index contributed by atoms with van der Waals surface area (Å²) in [5.74, 6) is -0.709. The van der Waals surface area contributed by atoms with Crippen LogP contribution in [-0.2, 0) is 0 Å². The molecule has 4 aromatic rings. The number of benzene rings is 4. The number of carbonyl (C=O) groups excluding carboxylic acids is 2. The summed E-state index contributed by atoms with van der Waals surface area (Å²) in [6, 6.07) is 19.8. The van der Waals surface area contributed by atoms with Gasteiger partial charge in [0.25, 0.3) is 11.8 Å². The largest absolute Gasteiger partial charge is 0.288 e. The molecule has 0 saturated heterocycles. The summed E-state index contributed by atoms with van der Waals surface area (Å²) in [6.45, 7) is 16.4. The van der Waals surface area contributed by atoms with Gasteiger partial charge in [-0.3, -0.25) is 14.9 Å². The van der Waals surface area contributed by atoms with E-state index in [2.05, 4.69) is 42.7 Å². The Morgan fingerprint density at radius 3 is 1.67 bits per heavy atom. The second-order valence-electron chi connectivity index (χ2n) is 8.12. The standard InChI is InChI=1S/C28H21NO2.C2H6/c1-15(2)17-7-5-8-21-19(12-11-18(16(3)4)25(17)21)20-13-14-24-26-22(20)9-6-10-23(26)27(30)29-28(24)31;1-2/h5-14H,1,3H2,2,4H3,(H,29,30,31);1-2H3. The maximum atomic E-state index is 12.4. The van der Waals surface area contributed by atoms with E-state index >= 15 is 0 Å². The van der Waals surface area contributed by atoms with Crippen molar-refractivity contribution >= 4 is 44.5 Å². The number of imide groups is 1. The number of rotatable bonds is 3. The quantitative estimate of drug-likeness (QED) is 0.338. The molecular formula is C30H27NO2. The van der Waals surface area contributed by atoms with Crippen LogP contribution in [0.1, 0.15) is 59.5 Å². The number of carbonyl (C=O) groups is 2. The van der Waals surface area contributed by atoms with Crippen LogP contribution in [0.3, 0.4) is 0 Å². The van der Waals surface area contributed by atoms with Crippen molar-refractivity contribution in [1.29, 1.82) is 0 Å². The summed E-state index contributed by atoms with van der Waals surface area (Å²) < 4.78 is 0. The third kappa shape index (κ3) is 3.46. The molecule has 1 aliphatic heterocycles. The van der Waals surface area contributed by atoms with E-state index < -0.39 is 0 Å². The Labute approximate surface area is 194 Å². The van der Waals surface area contributed by atoms with E-state index in [1.54, 1.807) is 6.07 Å². The fourth-order valence-corrected chi connectivity index (χ4v) is 4.61. The second kappa shape index (κ2) is 8.51. The predicted molar refractivity (Wildman–Crippen MR) is 139 cm³/mol. The zero-order chi connectivity index (χ0) is 23.9. The smallest absolute Gasteiger partial charge is 0.258 e. The van der Waals surface area contributed by atoms with Gasteiger partial charge in [0, 0.05) is 16.5 Å². The van der Waals surface area contributed by atoms with Gasteiger partial charge in [-0.05, 0) is 64.4 Å². The zero-order valence-corrected chi connectivity index (χ0v) is 19.5. The van der Waals surface area contributed by atoms with Crippen LogP contribution in [0, 0.1) is 0 Å². The van der Waals surface area contributed by atoms with Gasteiger partial charge in [-0.15, -0.1) is 0 Å². The van der Waals surface area contributed by atoms with Gasteiger partial charge in [0.2, 0.25) is 0 Å². The SMILES string of the molecule is C=C(C)c1cccc2c(-c3ccc4c5c(cccc35)C(=O)NC4=O)ccc(C(=C)C)c12.CC. The molecule has 0 aliphatic carbocycles. The molecule has 0 atom stereocenters. The minimum atomic E-state index is -0.354. The van der Waals surface area contributed by atoms with Crippen LogP contribution in [0.4, 0.5) is 0 Å². The lowest BCUT2D eigenvalue weighted by Crippen LogP contribution is -2.34. The first-order valence-electron chi connectivity index (χ1n) is 11.2. The summed E-state index contributed by atoms with van der Waals surface area (Å²) >= 11 is 0. The third-order valence-corrected chi connectivity index (χ3v) is 6.01. The molecule has 5 rings (SSSR count). The molecule has 1 heterocycles. The molecule has 164 valence electrons. The fraction of sp³-hybridized carbons (Fsp3) is 0.133.